The van der Waals surface area contributed by atoms with E-state index in [1.54, 1.807) is 43.6 Å². The molecule has 3 nitrogen and oxygen atoms in total. The highest BCUT2D eigenvalue weighted by atomic mass is 19.4. The van der Waals surface area contributed by atoms with Gasteiger partial charge in [0.15, 0.2) is 0 Å². The SMILES string of the molecule is COc1ccc2nccc(Nc3cccc(C(F)(F)F)c3)c2c1. The van der Waals surface area contributed by atoms with Gasteiger partial charge < -0.3 is 10.1 Å². The second-order valence-electron chi connectivity index (χ2n) is 4.95. The summed E-state index contributed by atoms with van der Waals surface area (Å²) in [5.41, 5.74) is 1.05. The molecule has 1 aromatic heterocycles. The van der Waals surface area contributed by atoms with Crippen LogP contribution in [0.3, 0.4) is 0 Å². The molecule has 0 aliphatic heterocycles. The number of hydrogen-bond donors (Lipinski definition) is 1. The average Bonchev–Trinajstić information content (AvgIpc) is 2.54. The Morgan fingerprint density at radius 2 is 1.87 bits per heavy atom. The molecule has 0 saturated carbocycles. The third-order valence-corrected chi connectivity index (χ3v) is 3.42. The smallest absolute Gasteiger partial charge is 0.416 e. The molecule has 0 amide bonds. The van der Waals surface area contributed by atoms with Crippen LogP contribution < -0.4 is 10.1 Å². The van der Waals surface area contributed by atoms with Crippen molar-refractivity contribution in [1.82, 2.24) is 4.98 Å². The Kier molecular flexibility index (Phi) is 3.82. The number of hydrogen-bond acceptors (Lipinski definition) is 3. The van der Waals surface area contributed by atoms with Crippen LogP contribution in [-0.4, -0.2) is 12.1 Å². The molecule has 0 fully saturated rings. The number of benzene rings is 2. The fourth-order valence-corrected chi connectivity index (χ4v) is 2.29. The van der Waals surface area contributed by atoms with E-state index in [1.807, 2.05) is 0 Å². The summed E-state index contributed by atoms with van der Waals surface area (Å²) in [6.07, 6.45) is -2.77. The number of nitrogens with one attached hydrogen (secondary N) is 1. The van der Waals surface area contributed by atoms with Crippen LogP contribution in [0.2, 0.25) is 0 Å². The molecule has 0 bridgehead atoms. The Bertz CT molecular complexity index is 847. The Morgan fingerprint density at radius 3 is 2.61 bits per heavy atom. The van der Waals surface area contributed by atoms with E-state index in [-0.39, 0.29) is 0 Å². The molecule has 3 rings (SSSR count). The fourth-order valence-electron chi connectivity index (χ4n) is 2.29. The molecule has 2 aromatic carbocycles. The number of alkyl halides is 3. The Morgan fingerprint density at radius 1 is 1.04 bits per heavy atom. The molecular weight excluding hydrogens is 305 g/mol. The van der Waals surface area contributed by atoms with Crippen molar-refractivity contribution in [1.29, 1.82) is 0 Å². The van der Waals surface area contributed by atoms with E-state index in [0.717, 1.165) is 23.0 Å². The van der Waals surface area contributed by atoms with Gasteiger partial charge in [0.05, 0.1) is 18.2 Å². The van der Waals surface area contributed by atoms with E-state index in [1.165, 1.54) is 6.07 Å². The lowest BCUT2D eigenvalue weighted by atomic mass is 10.1. The number of ether oxygens (including phenoxy) is 1. The Hall–Kier alpha value is -2.76. The molecule has 118 valence electrons. The van der Waals surface area contributed by atoms with Crippen LogP contribution in [0.5, 0.6) is 5.75 Å². The number of pyridine rings is 1. The molecule has 0 radical (unpaired) electrons. The molecule has 1 N–H and O–H groups in total. The van der Waals surface area contributed by atoms with Crippen LogP contribution in [0.4, 0.5) is 24.5 Å². The first kappa shape index (κ1) is 15.1. The quantitative estimate of drug-likeness (QED) is 0.737. The molecule has 3 aromatic rings. The van der Waals surface area contributed by atoms with E-state index in [0.29, 0.717) is 17.1 Å². The lowest BCUT2D eigenvalue weighted by molar-refractivity contribution is -0.137. The highest BCUT2D eigenvalue weighted by molar-refractivity contribution is 5.93. The monoisotopic (exact) mass is 318 g/mol. The zero-order valence-corrected chi connectivity index (χ0v) is 12.2. The number of anilines is 2. The van der Waals surface area contributed by atoms with Crippen molar-refractivity contribution < 1.29 is 17.9 Å². The van der Waals surface area contributed by atoms with E-state index < -0.39 is 11.7 Å². The zero-order chi connectivity index (χ0) is 16.4. The van der Waals surface area contributed by atoms with Gasteiger partial charge in [0.1, 0.15) is 5.75 Å². The molecule has 1 heterocycles. The van der Waals surface area contributed by atoms with Gasteiger partial charge in [-0.05, 0) is 42.5 Å². The van der Waals surface area contributed by atoms with E-state index in [4.69, 9.17) is 4.74 Å². The predicted molar refractivity (Wildman–Crippen MR) is 83.0 cm³/mol. The summed E-state index contributed by atoms with van der Waals surface area (Å²) in [4.78, 5) is 4.24. The minimum atomic E-state index is -4.37. The first-order chi connectivity index (χ1) is 11.0. The van der Waals surface area contributed by atoms with Gasteiger partial charge in [-0.25, -0.2) is 0 Å². The zero-order valence-electron chi connectivity index (χ0n) is 12.2. The second kappa shape index (κ2) is 5.79. The molecule has 0 saturated heterocycles. The lowest BCUT2D eigenvalue weighted by Crippen LogP contribution is -2.05. The van der Waals surface area contributed by atoms with Gasteiger partial charge in [-0.2, -0.15) is 13.2 Å². The molecule has 0 unspecified atom stereocenters. The largest absolute Gasteiger partial charge is 0.497 e. The highest BCUT2D eigenvalue weighted by Gasteiger charge is 2.30. The van der Waals surface area contributed by atoms with Crippen LogP contribution in [0.1, 0.15) is 5.56 Å². The van der Waals surface area contributed by atoms with E-state index in [9.17, 15) is 13.2 Å². The number of halogens is 3. The summed E-state index contributed by atoms with van der Waals surface area (Å²) in [7, 11) is 1.55. The predicted octanol–water partition coefficient (Wildman–Crippen LogP) is 5.01. The number of rotatable bonds is 3. The molecule has 0 spiro atoms. The topological polar surface area (TPSA) is 34.1 Å². The van der Waals surface area contributed by atoms with Crippen molar-refractivity contribution in [3.8, 4) is 5.75 Å². The number of methoxy groups -OCH3 is 1. The van der Waals surface area contributed by atoms with Crippen LogP contribution in [0.15, 0.2) is 54.7 Å². The van der Waals surface area contributed by atoms with Crippen LogP contribution in [0, 0.1) is 0 Å². The van der Waals surface area contributed by atoms with Crippen LogP contribution in [0.25, 0.3) is 10.9 Å². The molecule has 23 heavy (non-hydrogen) atoms. The van der Waals surface area contributed by atoms with Crippen molar-refractivity contribution in [2.75, 3.05) is 12.4 Å². The van der Waals surface area contributed by atoms with Gasteiger partial charge >= 0.3 is 6.18 Å². The highest BCUT2D eigenvalue weighted by Crippen LogP contribution is 2.33. The van der Waals surface area contributed by atoms with Gasteiger partial charge in [0, 0.05) is 23.0 Å². The maximum Gasteiger partial charge on any atom is 0.416 e. The fraction of sp³-hybridized carbons (Fsp3) is 0.118. The minimum absolute atomic E-state index is 0.357. The van der Waals surface area contributed by atoms with Crippen molar-refractivity contribution in [3.05, 3.63) is 60.3 Å². The van der Waals surface area contributed by atoms with E-state index in [2.05, 4.69) is 10.3 Å². The van der Waals surface area contributed by atoms with Crippen molar-refractivity contribution in [2.24, 2.45) is 0 Å². The molecular formula is C17H13F3N2O. The lowest BCUT2D eigenvalue weighted by Gasteiger charge is -2.12. The van der Waals surface area contributed by atoms with Crippen molar-refractivity contribution in [2.45, 2.75) is 6.18 Å². The third kappa shape index (κ3) is 3.21. The summed E-state index contributed by atoms with van der Waals surface area (Å²) in [6, 6.07) is 12.2. The summed E-state index contributed by atoms with van der Waals surface area (Å²) in [5, 5.41) is 3.78. The molecule has 0 aliphatic rings. The normalized spacial score (nSPS) is 11.5. The third-order valence-electron chi connectivity index (χ3n) is 3.42. The number of nitrogens with zero attached hydrogens (tertiary/aromatic N) is 1. The average molecular weight is 318 g/mol. The minimum Gasteiger partial charge on any atom is -0.497 e. The molecule has 0 atom stereocenters. The van der Waals surface area contributed by atoms with Gasteiger partial charge in [-0.1, -0.05) is 6.07 Å². The van der Waals surface area contributed by atoms with Gasteiger partial charge in [0.25, 0.3) is 0 Å². The van der Waals surface area contributed by atoms with E-state index >= 15 is 0 Å². The maximum absolute atomic E-state index is 12.8. The Balaban J connectivity index is 2.02. The summed E-state index contributed by atoms with van der Waals surface area (Å²) >= 11 is 0. The Labute approximate surface area is 130 Å². The van der Waals surface area contributed by atoms with Crippen LogP contribution in [-0.2, 0) is 6.18 Å². The standard InChI is InChI=1S/C17H13F3N2O/c1-23-13-5-6-15-14(10-13)16(7-8-21-15)22-12-4-2-3-11(9-12)17(18,19)20/h2-10H,1H3,(H,21,22). The number of fused-ring (bicyclic) bond motifs is 1. The summed E-state index contributed by atoms with van der Waals surface area (Å²) in [6.45, 7) is 0. The van der Waals surface area contributed by atoms with Crippen molar-refractivity contribution in [3.63, 3.8) is 0 Å². The van der Waals surface area contributed by atoms with Crippen molar-refractivity contribution >= 4 is 22.3 Å². The summed E-state index contributed by atoms with van der Waals surface area (Å²) < 4.78 is 43.6. The summed E-state index contributed by atoms with van der Waals surface area (Å²) in [5.74, 6) is 0.651. The van der Waals surface area contributed by atoms with Gasteiger partial charge in [0.2, 0.25) is 0 Å². The maximum atomic E-state index is 12.8. The van der Waals surface area contributed by atoms with Crippen LogP contribution >= 0.6 is 0 Å². The second-order valence-corrected chi connectivity index (χ2v) is 4.95. The van der Waals surface area contributed by atoms with Gasteiger partial charge in [-0.3, -0.25) is 4.98 Å². The molecule has 0 aliphatic carbocycles. The molecule has 6 heteroatoms. The van der Waals surface area contributed by atoms with Gasteiger partial charge in [-0.15, -0.1) is 0 Å². The first-order valence-corrected chi connectivity index (χ1v) is 6.84. The number of aromatic nitrogens is 1. The first-order valence-electron chi connectivity index (χ1n) is 6.84.